The summed E-state index contributed by atoms with van der Waals surface area (Å²) in [6.45, 7) is 1.92. The van der Waals surface area contributed by atoms with E-state index in [1.54, 1.807) is 12.1 Å². The SMILES string of the molecule is Cc1ccccc1NC(=O)CSc1nnc(N/N=C/c2ccc(F)cc2)n1N. The Morgan fingerprint density at radius 2 is 2.00 bits per heavy atom. The smallest absolute Gasteiger partial charge is 0.264 e. The van der Waals surface area contributed by atoms with Gasteiger partial charge in [-0.15, -0.1) is 10.2 Å². The lowest BCUT2D eigenvalue weighted by Crippen LogP contribution is -2.17. The number of hydrogen-bond donors (Lipinski definition) is 3. The third-order valence-corrected chi connectivity index (χ3v) is 4.61. The molecule has 10 heteroatoms. The number of amides is 1. The average molecular weight is 399 g/mol. The van der Waals surface area contributed by atoms with Gasteiger partial charge in [-0.1, -0.05) is 42.1 Å². The van der Waals surface area contributed by atoms with Crippen LogP contribution in [0.3, 0.4) is 0 Å². The molecule has 1 heterocycles. The van der Waals surface area contributed by atoms with Crippen molar-refractivity contribution in [1.82, 2.24) is 14.9 Å². The van der Waals surface area contributed by atoms with E-state index >= 15 is 0 Å². The van der Waals surface area contributed by atoms with Crippen molar-refractivity contribution in [2.24, 2.45) is 5.10 Å². The second kappa shape index (κ2) is 9.00. The van der Waals surface area contributed by atoms with Crippen molar-refractivity contribution in [3.05, 3.63) is 65.5 Å². The number of thioether (sulfide) groups is 1. The zero-order valence-electron chi connectivity index (χ0n) is 15.0. The number of nitrogen functional groups attached to an aromatic ring is 1. The van der Waals surface area contributed by atoms with Crippen LogP contribution >= 0.6 is 11.8 Å². The summed E-state index contributed by atoms with van der Waals surface area (Å²) in [6, 6.07) is 13.4. The summed E-state index contributed by atoms with van der Waals surface area (Å²) >= 11 is 1.15. The van der Waals surface area contributed by atoms with E-state index in [1.165, 1.54) is 23.0 Å². The maximum atomic E-state index is 12.9. The Balaban J connectivity index is 1.53. The van der Waals surface area contributed by atoms with E-state index in [0.29, 0.717) is 10.7 Å². The highest BCUT2D eigenvalue weighted by molar-refractivity contribution is 7.99. The fourth-order valence-corrected chi connectivity index (χ4v) is 2.85. The first-order chi connectivity index (χ1) is 13.5. The van der Waals surface area contributed by atoms with Gasteiger partial charge >= 0.3 is 0 Å². The lowest BCUT2D eigenvalue weighted by molar-refractivity contribution is -0.113. The van der Waals surface area contributed by atoms with Gasteiger partial charge in [0.25, 0.3) is 5.95 Å². The summed E-state index contributed by atoms with van der Waals surface area (Å²) in [7, 11) is 0. The Labute approximate surface area is 165 Å². The molecule has 144 valence electrons. The molecule has 0 aliphatic carbocycles. The van der Waals surface area contributed by atoms with Gasteiger partial charge in [-0.25, -0.2) is 14.5 Å². The van der Waals surface area contributed by atoms with E-state index in [1.807, 2.05) is 31.2 Å². The van der Waals surface area contributed by atoms with Crippen LogP contribution in [-0.4, -0.2) is 32.7 Å². The van der Waals surface area contributed by atoms with Gasteiger partial charge in [0, 0.05) is 5.69 Å². The number of nitrogens with two attached hydrogens (primary N) is 1. The number of carbonyl (C=O) groups is 1. The third kappa shape index (κ3) is 5.07. The number of hydrazone groups is 1. The first-order valence-corrected chi connectivity index (χ1v) is 9.25. The zero-order valence-corrected chi connectivity index (χ0v) is 15.8. The van der Waals surface area contributed by atoms with Gasteiger partial charge in [0.15, 0.2) is 0 Å². The predicted molar refractivity (Wildman–Crippen MR) is 108 cm³/mol. The standard InChI is InChI=1S/C18H18FN7OS/c1-12-4-2-3-5-15(12)22-16(27)11-28-18-25-24-17(26(18)20)23-21-10-13-6-8-14(19)9-7-13/h2-10H,11,20H2,1H3,(H,22,27)(H,23,24)/b21-10+. The lowest BCUT2D eigenvalue weighted by Gasteiger charge is -2.07. The number of nitrogens with one attached hydrogen (secondary N) is 2. The van der Waals surface area contributed by atoms with Crippen LogP contribution < -0.4 is 16.6 Å². The molecule has 0 radical (unpaired) electrons. The van der Waals surface area contributed by atoms with Crippen LogP contribution in [0.1, 0.15) is 11.1 Å². The van der Waals surface area contributed by atoms with Crippen LogP contribution in [0.4, 0.5) is 16.0 Å². The van der Waals surface area contributed by atoms with Crippen LogP contribution in [0.25, 0.3) is 0 Å². The van der Waals surface area contributed by atoms with Crippen LogP contribution in [-0.2, 0) is 4.79 Å². The van der Waals surface area contributed by atoms with Crippen molar-refractivity contribution in [3.63, 3.8) is 0 Å². The number of carbonyl (C=O) groups excluding carboxylic acids is 1. The van der Waals surface area contributed by atoms with E-state index in [-0.39, 0.29) is 23.4 Å². The number of rotatable bonds is 7. The minimum absolute atomic E-state index is 0.127. The summed E-state index contributed by atoms with van der Waals surface area (Å²) in [5.74, 6) is 5.76. The normalized spacial score (nSPS) is 10.9. The highest BCUT2D eigenvalue weighted by atomic mass is 32.2. The summed E-state index contributed by atoms with van der Waals surface area (Å²) in [6.07, 6.45) is 1.50. The van der Waals surface area contributed by atoms with Gasteiger partial charge in [-0.3, -0.25) is 4.79 Å². The average Bonchev–Trinajstić information content (AvgIpc) is 3.03. The number of aryl methyl sites for hydroxylation is 1. The van der Waals surface area contributed by atoms with E-state index in [4.69, 9.17) is 5.84 Å². The summed E-state index contributed by atoms with van der Waals surface area (Å²) in [4.78, 5) is 12.1. The number of anilines is 2. The van der Waals surface area contributed by atoms with E-state index < -0.39 is 0 Å². The van der Waals surface area contributed by atoms with Crippen molar-refractivity contribution < 1.29 is 9.18 Å². The number of halogens is 1. The Bertz CT molecular complexity index is 988. The molecule has 1 amide bonds. The van der Waals surface area contributed by atoms with Gasteiger partial charge in [0.2, 0.25) is 11.1 Å². The van der Waals surface area contributed by atoms with E-state index in [2.05, 4.69) is 26.0 Å². The molecule has 3 aromatic rings. The predicted octanol–water partition coefficient (Wildman–Crippen LogP) is 2.62. The third-order valence-electron chi connectivity index (χ3n) is 3.66. The molecular formula is C18H18FN7OS. The molecule has 0 aliphatic heterocycles. The molecule has 0 aliphatic rings. The van der Waals surface area contributed by atoms with Crippen molar-refractivity contribution >= 4 is 35.5 Å². The first-order valence-electron chi connectivity index (χ1n) is 8.26. The first kappa shape index (κ1) is 19.4. The van der Waals surface area contributed by atoms with Crippen LogP contribution in [0.15, 0.2) is 58.8 Å². The number of nitrogens with zero attached hydrogens (tertiary/aromatic N) is 4. The minimum Gasteiger partial charge on any atom is -0.334 e. The van der Waals surface area contributed by atoms with Crippen molar-refractivity contribution in [3.8, 4) is 0 Å². The van der Waals surface area contributed by atoms with Gasteiger partial charge < -0.3 is 11.2 Å². The van der Waals surface area contributed by atoms with Gasteiger partial charge in [0.1, 0.15) is 5.82 Å². The molecule has 0 atom stereocenters. The number of para-hydroxylation sites is 1. The lowest BCUT2D eigenvalue weighted by atomic mass is 10.2. The number of hydrogen-bond acceptors (Lipinski definition) is 7. The van der Waals surface area contributed by atoms with Crippen LogP contribution in [0.5, 0.6) is 0 Å². The number of benzene rings is 2. The molecule has 4 N–H and O–H groups in total. The fourth-order valence-electron chi connectivity index (χ4n) is 2.19. The molecule has 0 unspecified atom stereocenters. The second-order valence-electron chi connectivity index (χ2n) is 5.75. The van der Waals surface area contributed by atoms with Crippen molar-refractivity contribution in [2.45, 2.75) is 12.1 Å². The molecule has 2 aromatic carbocycles. The highest BCUT2D eigenvalue weighted by Gasteiger charge is 2.12. The van der Waals surface area contributed by atoms with E-state index in [0.717, 1.165) is 23.0 Å². The maximum Gasteiger partial charge on any atom is 0.264 e. The topological polar surface area (TPSA) is 110 Å². The molecule has 0 saturated carbocycles. The zero-order chi connectivity index (χ0) is 19.9. The van der Waals surface area contributed by atoms with Crippen LogP contribution in [0, 0.1) is 12.7 Å². The van der Waals surface area contributed by atoms with Gasteiger partial charge in [0.05, 0.1) is 12.0 Å². The molecule has 8 nitrogen and oxygen atoms in total. The Morgan fingerprint density at radius 3 is 2.75 bits per heavy atom. The Morgan fingerprint density at radius 1 is 1.25 bits per heavy atom. The molecule has 0 bridgehead atoms. The monoisotopic (exact) mass is 399 g/mol. The van der Waals surface area contributed by atoms with E-state index in [9.17, 15) is 9.18 Å². The summed E-state index contributed by atoms with van der Waals surface area (Å²) in [5.41, 5.74) is 5.11. The summed E-state index contributed by atoms with van der Waals surface area (Å²) < 4.78 is 14.1. The molecule has 1 aromatic heterocycles. The second-order valence-corrected chi connectivity index (χ2v) is 6.69. The van der Waals surface area contributed by atoms with Gasteiger partial charge in [-0.2, -0.15) is 5.10 Å². The maximum absolute atomic E-state index is 12.9. The largest absolute Gasteiger partial charge is 0.334 e. The van der Waals surface area contributed by atoms with Crippen molar-refractivity contribution in [2.75, 3.05) is 22.3 Å². The molecule has 28 heavy (non-hydrogen) atoms. The fraction of sp³-hybridized carbons (Fsp3) is 0.111. The Hall–Kier alpha value is -3.40. The molecule has 0 spiro atoms. The Kier molecular flexibility index (Phi) is 6.22. The molecule has 3 rings (SSSR count). The molecule has 0 fully saturated rings. The minimum atomic E-state index is -0.320. The van der Waals surface area contributed by atoms with Gasteiger partial charge in [-0.05, 0) is 36.2 Å². The molecular weight excluding hydrogens is 381 g/mol. The highest BCUT2D eigenvalue weighted by Crippen LogP contribution is 2.18. The summed E-state index contributed by atoms with van der Waals surface area (Å²) in [5, 5.41) is 15.0. The quantitative estimate of drug-likeness (QED) is 0.244. The number of aromatic nitrogens is 3. The van der Waals surface area contributed by atoms with Crippen LogP contribution in [0.2, 0.25) is 0 Å². The van der Waals surface area contributed by atoms with Crippen molar-refractivity contribution in [1.29, 1.82) is 0 Å². The molecule has 0 saturated heterocycles.